The van der Waals surface area contributed by atoms with Gasteiger partial charge in [0.2, 0.25) is 0 Å². The van der Waals surface area contributed by atoms with Crippen LogP contribution in [-0.4, -0.2) is 42.1 Å². The van der Waals surface area contributed by atoms with E-state index in [2.05, 4.69) is 10.6 Å². The van der Waals surface area contributed by atoms with Crippen LogP contribution < -0.4 is 15.4 Å². The number of benzene rings is 2. The van der Waals surface area contributed by atoms with E-state index in [-0.39, 0.29) is 17.6 Å². The molecule has 1 aliphatic carbocycles. The lowest BCUT2D eigenvalue weighted by molar-refractivity contribution is 0.0952. The highest BCUT2D eigenvalue weighted by molar-refractivity contribution is 6.06. The van der Waals surface area contributed by atoms with Crippen molar-refractivity contribution in [2.24, 2.45) is 0 Å². The molecule has 3 N–H and O–H groups in total. The summed E-state index contributed by atoms with van der Waals surface area (Å²) in [6, 6.07) is 13.6. The van der Waals surface area contributed by atoms with Crippen molar-refractivity contribution in [2.45, 2.75) is 25.2 Å². The molecule has 0 unspecified atom stereocenters. The number of amides is 2. The van der Waals surface area contributed by atoms with Gasteiger partial charge in [-0.25, -0.2) is 0 Å². The molecule has 3 aromatic rings. The van der Waals surface area contributed by atoms with Crippen LogP contribution in [0.15, 0.2) is 48.5 Å². The molecule has 1 heterocycles. The van der Waals surface area contributed by atoms with Gasteiger partial charge >= 0.3 is 0 Å². The highest BCUT2D eigenvalue weighted by Crippen LogP contribution is 2.40. The van der Waals surface area contributed by atoms with Crippen molar-refractivity contribution in [3.05, 3.63) is 65.4 Å². The van der Waals surface area contributed by atoms with Crippen LogP contribution in [0.5, 0.6) is 11.5 Å². The second kappa shape index (κ2) is 9.04. The Bertz CT molecular complexity index is 1130. The summed E-state index contributed by atoms with van der Waals surface area (Å²) in [7, 11) is 1.60. The Balaban J connectivity index is 1.37. The number of methoxy groups -OCH3 is 1. The Morgan fingerprint density at radius 1 is 1.06 bits per heavy atom. The largest absolute Gasteiger partial charge is 0.508 e. The number of phenols is 1. The third-order valence-electron chi connectivity index (χ3n) is 5.31. The fourth-order valence-corrected chi connectivity index (χ4v) is 3.47. The van der Waals surface area contributed by atoms with Crippen molar-refractivity contribution >= 4 is 22.7 Å². The molecule has 7 heteroatoms. The van der Waals surface area contributed by atoms with Crippen molar-refractivity contribution in [1.29, 1.82) is 0 Å². The monoisotopic (exact) mass is 419 g/mol. The van der Waals surface area contributed by atoms with E-state index in [1.165, 1.54) is 12.1 Å². The molecule has 0 bridgehead atoms. The lowest BCUT2D eigenvalue weighted by Crippen LogP contribution is -2.30. The quantitative estimate of drug-likeness (QED) is 0.486. The van der Waals surface area contributed by atoms with Gasteiger partial charge in [-0.05, 0) is 61.7 Å². The number of hydrogen-bond donors (Lipinski definition) is 3. The SMILES string of the molecule is COc1ccc2nc(C3CC3)cc(C(=O)NCCCNC(=O)c3cccc(O)c3)c2c1. The maximum absolute atomic E-state index is 12.9. The number of ether oxygens (including phenoxy) is 1. The summed E-state index contributed by atoms with van der Waals surface area (Å²) >= 11 is 0. The Morgan fingerprint density at radius 3 is 2.55 bits per heavy atom. The van der Waals surface area contributed by atoms with Crippen molar-refractivity contribution in [1.82, 2.24) is 15.6 Å². The highest BCUT2D eigenvalue weighted by atomic mass is 16.5. The van der Waals surface area contributed by atoms with Gasteiger partial charge in [0.15, 0.2) is 0 Å². The first-order chi connectivity index (χ1) is 15.0. The van der Waals surface area contributed by atoms with Gasteiger partial charge in [0.25, 0.3) is 11.8 Å². The van der Waals surface area contributed by atoms with E-state index in [4.69, 9.17) is 9.72 Å². The molecule has 1 fully saturated rings. The second-order valence-electron chi connectivity index (χ2n) is 7.67. The summed E-state index contributed by atoms with van der Waals surface area (Å²) in [6.07, 6.45) is 2.79. The van der Waals surface area contributed by atoms with Crippen LogP contribution in [0.1, 0.15) is 51.6 Å². The minimum Gasteiger partial charge on any atom is -0.508 e. The third kappa shape index (κ3) is 4.94. The molecule has 0 spiro atoms. The first-order valence-electron chi connectivity index (χ1n) is 10.4. The molecule has 1 saturated carbocycles. The number of nitrogens with zero attached hydrogens (tertiary/aromatic N) is 1. The Hall–Kier alpha value is -3.61. The summed E-state index contributed by atoms with van der Waals surface area (Å²) in [6.45, 7) is 0.832. The van der Waals surface area contributed by atoms with Crippen LogP contribution in [0.4, 0.5) is 0 Å². The van der Waals surface area contributed by atoms with E-state index in [0.717, 1.165) is 29.4 Å². The van der Waals surface area contributed by atoms with E-state index in [1.807, 2.05) is 24.3 Å². The number of nitrogens with one attached hydrogen (secondary N) is 2. The maximum atomic E-state index is 12.9. The number of pyridine rings is 1. The van der Waals surface area contributed by atoms with E-state index >= 15 is 0 Å². The van der Waals surface area contributed by atoms with Crippen molar-refractivity contribution in [3.8, 4) is 11.5 Å². The van der Waals surface area contributed by atoms with E-state index < -0.39 is 0 Å². The van der Waals surface area contributed by atoms with Crippen LogP contribution in [0.25, 0.3) is 10.9 Å². The van der Waals surface area contributed by atoms with Crippen molar-refractivity contribution in [3.63, 3.8) is 0 Å². The number of aromatic nitrogens is 1. The molecule has 4 rings (SSSR count). The van der Waals surface area contributed by atoms with Gasteiger partial charge < -0.3 is 20.5 Å². The first kappa shape index (κ1) is 20.7. The van der Waals surface area contributed by atoms with E-state index in [0.29, 0.717) is 42.3 Å². The molecule has 1 aromatic heterocycles. The number of carbonyl (C=O) groups is 2. The van der Waals surface area contributed by atoms with Gasteiger partial charge in [-0.1, -0.05) is 6.07 Å². The minimum absolute atomic E-state index is 0.0479. The molecule has 0 atom stereocenters. The predicted molar refractivity (Wildman–Crippen MR) is 118 cm³/mol. The van der Waals surface area contributed by atoms with Gasteiger partial charge in [0.1, 0.15) is 11.5 Å². The molecular formula is C24H25N3O4. The van der Waals surface area contributed by atoms with Gasteiger partial charge in [-0.3, -0.25) is 14.6 Å². The zero-order valence-corrected chi connectivity index (χ0v) is 17.4. The topological polar surface area (TPSA) is 101 Å². The standard InChI is InChI=1S/C24H25N3O4/c1-31-18-8-9-21-19(13-18)20(14-22(27-21)15-6-7-15)24(30)26-11-3-10-25-23(29)16-4-2-5-17(28)12-16/h2,4-5,8-9,12-15,28H,3,6-7,10-11H2,1H3,(H,25,29)(H,26,30). The van der Waals surface area contributed by atoms with Gasteiger partial charge in [0, 0.05) is 35.7 Å². The maximum Gasteiger partial charge on any atom is 0.252 e. The second-order valence-corrected chi connectivity index (χ2v) is 7.67. The van der Waals surface area contributed by atoms with Crippen molar-refractivity contribution in [2.75, 3.05) is 20.2 Å². The summed E-state index contributed by atoms with van der Waals surface area (Å²) in [5.74, 6) is 0.736. The van der Waals surface area contributed by atoms with Crippen LogP contribution in [0, 0.1) is 0 Å². The number of fused-ring (bicyclic) bond motifs is 1. The van der Waals surface area contributed by atoms with Crippen LogP contribution in [-0.2, 0) is 0 Å². The lowest BCUT2D eigenvalue weighted by Gasteiger charge is -2.12. The fraction of sp³-hybridized carbons (Fsp3) is 0.292. The van der Waals surface area contributed by atoms with Crippen LogP contribution in [0.2, 0.25) is 0 Å². The van der Waals surface area contributed by atoms with Crippen molar-refractivity contribution < 1.29 is 19.4 Å². The van der Waals surface area contributed by atoms with E-state index in [9.17, 15) is 14.7 Å². The third-order valence-corrected chi connectivity index (χ3v) is 5.31. The first-order valence-corrected chi connectivity index (χ1v) is 10.4. The molecule has 7 nitrogen and oxygen atoms in total. The molecule has 31 heavy (non-hydrogen) atoms. The van der Waals surface area contributed by atoms with Crippen LogP contribution in [0.3, 0.4) is 0 Å². The van der Waals surface area contributed by atoms with Gasteiger partial charge in [-0.15, -0.1) is 0 Å². The summed E-state index contributed by atoms with van der Waals surface area (Å²) in [4.78, 5) is 29.7. The minimum atomic E-state index is -0.261. The zero-order valence-electron chi connectivity index (χ0n) is 17.4. The molecule has 0 aliphatic heterocycles. The number of hydrogen-bond acceptors (Lipinski definition) is 5. The van der Waals surface area contributed by atoms with Gasteiger partial charge in [-0.2, -0.15) is 0 Å². The molecular weight excluding hydrogens is 394 g/mol. The predicted octanol–water partition coefficient (Wildman–Crippen LogP) is 3.38. The number of phenolic OH excluding ortho intramolecular Hbond substituents is 1. The van der Waals surface area contributed by atoms with Crippen LogP contribution >= 0.6 is 0 Å². The average Bonchev–Trinajstić information content (AvgIpc) is 3.63. The number of rotatable bonds is 8. The zero-order chi connectivity index (χ0) is 21.8. The Kier molecular flexibility index (Phi) is 6.02. The molecule has 2 aromatic carbocycles. The smallest absolute Gasteiger partial charge is 0.252 e. The van der Waals surface area contributed by atoms with E-state index in [1.54, 1.807) is 19.2 Å². The molecule has 2 amide bonds. The fourth-order valence-electron chi connectivity index (χ4n) is 3.47. The molecule has 160 valence electrons. The average molecular weight is 419 g/mol. The van der Waals surface area contributed by atoms with Gasteiger partial charge in [0.05, 0.1) is 18.2 Å². The number of carbonyl (C=O) groups excluding carboxylic acids is 2. The number of aromatic hydroxyl groups is 1. The molecule has 1 aliphatic rings. The lowest BCUT2D eigenvalue weighted by atomic mass is 10.0. The molecule has 0 saturated heterocycles. The Labute approximate surface area is 180 Å². The normalized spacial score (nSPS) is 13.1. The summed E-state index contributed by atoms with van der Waals surface area (Å²) in [5, 5.41) is 16.0. The highest BCUT2D eigenvalue weighted by Gasteiger charge is 2.27. The summed E-state index contributed by atoms with van der Waals surface area (Å²) in [5.41, 5.74) is 2.73. The Morgan fingerprint density at radius 2 is 1.84 bits per heavy atom. The molecule has 0 radical (unpaired) electrons. The summed E-state index contributed by atoms with van der Waals surface area (Å²) < 4.78 is 5.31.